The van der Waals surface area contributed by atoms with Gasteiger partial charge in [-0.05, 0) is 38.7 Å². The zero-order chi connectivity index (χ0) is 27.0. The minimum atomic E-state index is -1.65. The average molecular weight is 506 g/mol. The lowest BCUT2D eigenvalue weighted by molar-refractivity contribution is -0.151. The van der Waals surface area contributed by atoms with Gasteiger partial charge in [-0.1, -0.05) is 44.2 Å². The Balaban J connectivity index is 2.23. The molecule has 0 spiro atoms. The number of Topliss-reactive ketones (excluding diaryl/α,β-unsaturated/α-hetero) is 1. The number of ether oxygens (including phenoxy) is 1. The molecule has 0 bridgehead atoms. The lowest BCUT2D eigenvalue weighted by atomic mass is 9.98. The van der Waals surface area contributed by atoms with Crippen LogP contribution in [0.4, 0.5) is 4.79 Å². The second-order valence-corrected chi connectivity index (χ2v) is 10.1. The molecule has 11 nitrogen and oxygen atoms in total. The number of amides is 3. The zero-order valence-corrected chi connectivity index (χ0v) is 21.3. The molecule has 3 amide bonds. The van der Waals surface area contributed by atoms with Gasteiger partial charge in [0.2, 0.25) is 11.8 Å². The van der Waals surface area contributed by atoms with Crippen molar-refractivity contribution < 1.29 is 38.7 Å². The normalized spacial score (nSPS) is 17.3. The van der Waals surface area contributed by atoms with Crippen molar-refractivity contribution in [1.29, 1.82) is 0 Å². The fourth-order valence-electron chi connectivity index (χ4n) is 3.65. The van der Waals surface area contributed by atoms with Gasteiger partial charge in [-0.3, -0.25) is 19.2 Å². The van der Waals surface area contributed by atoms with E-state index in [2.05, 4.69) is 10.6 Å². The average Bonchev–Trinajstić information content (AvgIpc) is 3.27. The highest BCUT2D eigenvalue weighted by Gasteiger charge is 2.40. The molecule has 1 heterocycles. The van der Waals surface area contributed by atoms with Crippen molar-refractivity contribution in [2.24, 2.45) is 5.92 Å². The molecule has 0 aliphatic carbocycles. The number of benzene rings is 1. The molecule has 0 radical (unpaired) electrons. The lowest BCUT2D eigenvalue weighted by Gasteiger charge is -2.28. The minimum Gasteiger partial charge on any atom is -0.475 e. The molecular formula is C25H35N3O8. The number of hydrogen-bond donors (Lipinski definition) is 3. The third kappa shape index (κ3) is 8.63. The number of aliphatic carboxylic acids is 1. The van der Waals surface area contributed by atoms with Gasteiger partial charge in [-0.25, -0.2) is 9.59 Å². The Morgan fingerprint density at radius 1 is 1.08 bits per heavy atom. The predicted molar refractivity (Wildman–Crippen MR) is 129 cm³/mol. The number of carbonyl (C=O) groups is 5. The van der Waals surface area contributed by atoms with Gasteiger partial charge in [0.05, 0.1) is 12.6 Å². The summed E-state index contributed by atoms with van der Waals surface area (Å²) in [5.74, 6) is -4.21. The van der Waals surface area contributed by atoms with E-state index in [4.69, 9.17) is 14.7 Å². The van der Waals surface area contributed by atoms with Gasteiger partial charge in [0.15, 0.2) is 0 Å². The van der Waals surface area contributed by atoms with Crippen molar-refractivity contribution in [3.8, 4) is 0 Å². The van der Waals surface area contributed by atoms with Crippen molar-refractivity contribution in [2.75, 3.05) is 6.61 Å². The number of nitrogens with one attached hydrogen (secondary N) is 2. The third-order valence-corrected chi connectivity index (χ3v) is 5.25. The van der Waals surface area contributed by atoms with E-state index in [1.165, 1.54) is 0 Å². The van der Waals surface area contributed by atoms with E-state index in [0.29, 0.717) is 0 Å². The van der Waals surface area contributed by atoms with E-state index in [0.717, 1.165) is 10.6 Å². The summed E-state index contributed by atoms with van der Waals surface area (Å²) in [7, 11) is 0. The van der Waals surface area contributed by atoms with Crippen LogP contribution in [-0.2, 0) is 35.2 Å². The van der Waals surface area contributed by atoms with E-state index >= 15 is 0 Å². The quantitative estimate of drug-likeness (QED) is 0.408. The fraction of sp³-hybridized carbons (Fsp3) is 0.560. The number of hydrogen-bond acceptors (Lipinski definition) is 7. The van der Waals surface area contributed by atoms with Gasteiger partial charge in [0.1, 0.15) is 17.7 Å². The summed E-state index contributed by atoms with van der Waals surface area (Å²) in [5, 5.41) is 15.2. The molecule has 1 aliphatic heterocycles. The number of nitrogens with zero attached hydrogens (tertiary/aromatic N) is 1. The molecule has 1 aromatic rings. The zero-order valence-electron chi connectivity index (χ0n) is 21.3. The number of carbonyl (C=O) groups excluding carboxylic acids is 4. The summed E-state index contributed by atoms with van der Waals surface area (Å²) in [6, 6.07) is 5.47. The molecule has 0 saturated carbocycles. The summed E-state index contributed by atoms with van der Waals surface area (Å²) in [4.78, 5) is 67.6. The van der Waals surface area contributed by atoms with E-state index in [-0.39, 0.29) is 31.8 Å². The molecule has 3 N–H and O–H groups in total. The smallest absolute Gasteiger partial charge is 0.435 e. The summed E-state index contributed by atoms with van der Waals surface area (Å²) in [6.07, 6.45) is -0.439. The molecule has 36 heavy (non-hydrogen) atoms. The van der Waals surface area contributed by atoms with E-state index in [1.807, 2.05) is 0 Å². The maximum Gasteiger partial charge on any atom is 0.435 e. The van der Waals surface area contributed by atoms with Crippen molar-refractivity contribution in [1.82, 2.24) is 15.7 Å². The molecule has 11 heteroatoms. The SMILES string of the molecule is CC(C)C[C@H](NC(=O)[C@H](Cc1ccccc1)NC(=O)C1CCON1C(=O)OC(C)(C)C)C(=O)C(=O)O. The number of hydroxylamine groups is 2. The first kappa shape index (κ1) is 28.8. The van der Waals surface area contributed by atoms with Crippen LogP contribution in [0.1, 0.15) is 53.0 Å². The topological polar surface area (TPSA) is 151 Å². The van der Waals surface area contributed by atoms with Crippen LogP contribution >= 0.6 is 0 Å². The number of carboxylic acids is 1. The maximum absolute atomic E-state index is 13.2. The summed E-state index contributed by atoms with van der Waals surface area (Å²) >= 11 is 0. The Hall–Kier alpha value is -3.47. The Bertz CT molecular complexity index is 958. The largest absolute Gasteiger partial charge is 0.475 e. The van der Waals surface area contributed by atoms with Crippen LogP contribution in [0.5, 0.6) is 0 Å². The molecule has 198 valence electrons. The highest BCUT2D eigenvalue weighted by Crippen LogP contribution is 2.20. The van der Waals surface area contributed by atoms with Gasteiger partial charge < -0.3 is 20.5 Å². The van der Waals surface area contributed by atoms with Crippen molar-refractivity contribution in [3.63, 3.8) is 0 Å². The predicted octanol–water partition coefficient (Wildman–Crippen LogP) is 1.84. The first-order valence-corrected chi connectivity index (χ1v) is 11.9. The number of rotatable bonds is 10. The Morgan fingerprint density at radius 3 is 2.28 bits per heavy atom. The summed E-state index contributed by atoms with van der Waals surface area (Å²) in [5.41, 5.74) is -0.0726. The number of carboxylic acid groups (broad SMARTS) is 1. The molecule has 1 unspecified atom stereocenters. The van der Waals surface area contributed by atoms with Gasteiger partial charge in [-0.15, -0.1) is 0 Å². The Labute approximate surface area is 210 Å². The van der Waals surface area contributed by atoms with Crippen LogP contribution in [-0.4, -0.2) is 70.2 Å². The van der Waals surface area contributed by atoms with Crippen molar-refractivity contribution in [2.45, 2.75) is 77.6 Å². The summed E-state index contributed by atoms with van der Waals surface area (Å²) < 4.78 is 5.30. The summed E-state index contributed by atoms with van der Waals surface area (Å²) in [6.45, 7) is 8.75. The third-order valence-electron chi connectivity index (χ3n) is 5.25. The highest BCUT2D eigenvalue weighted by atomic mass is 16.7. The van der Waals surface area contributed by atoms with E-state index < -0.39 is 53.4 Å². The number of ketones is 1. The van der Waals surface area contributed by atoms with Crippen LogP contribution in [0.3, 0.4) is 0 Å². The monoisotopic (exact) mass is 505 g/mol. The second-order valence-electron chi connectivity index (χ2n) is 10.1. The molecule has 1 aliphatic rings. The van der Waals surface area contributed by atoms with Crippen LogP contribution in [0.15, 0.2) is 30.3 Å². The van der Waals surface area contributed by atoms with Gasteiger partial charge in [-0.2, -0.15) is 5.06 Å². The fourth-order valence-corrected chi connectivity index (χ4v) is 3.65. The minimum absolute atomic E-state index is 0.0706. The van der Waals surface area contributed by atoms with Crippen LogP contribution in [0.25, 0.3) is 0 Å². The first-order valence-electron chi connectivity index (χ1n) is 11.9. The lowest BCUT2D eigenvalue weighted by Crippen LogP contribution is -2.56. The van der Waals surface area contributed by atoms with Gasteiger partial charge in [0.25, 0.3) is 5.78 Å². The molecule has 1 saturated heterocycles. The van der Waals surface area contributed by atoms with Crippen LogP contribution in [0, 0.1) is 5.92 Å². The molecule has 3 atom stereocenters. The Kier molecular flexibility index (Phi) is 9.97. The molecular weight excluding hydrogens is 470 g/mol. The van der Waals surface area contributed by atoms with Gasteiger partial charge in [0, 0.05) is 12.8 Å². The second kappa shape index (κ2) is 12.5. The van der Waals surface area contributed by atoms with E-state index in [1.54, 1.807) is 65.0 Å². The molecule has 1 fully saturated rings. The molecule has 1 aromatic carbocycles. The van der Waals surface area contributed by atoms with Crippen LogP contribution < -0.4 is 10.6 Å². The highest BCUT2D eigenvalue weighted by molar-refractivity contribution is 6.35. The van der Waals surface area contributed by atoms with Crippen molar-refractivity contribution >= 4 is 29.7 Å². The maximum atomic E-state index is 13.2. The van der Waals surface area contributed by atoms with Crippen molar-refractivity contribution in [3.05, 3.63) is 35.9 Å². The van der Waals surface area contributed by atoms with E-state index in [9.17, 15) is 24.0 Å². The standard InChI is InChI=1S/C25H35N3O8/c1-15(2)13-17(20(29)23(32)33)26-21(30)18(14-16-9-7-6-8-10-16)27-22(31)19-11-12-35-28(19)24(34)36-25(3,4)5/h6-10,15,17-19H,11-14H2,1-5H3,(H,26,30)(H,27,31)(H,32,33)/t17-,18-,19?/m0/s1. The van der Waals surface area contributed by atoms with Crippen LogP contribution in [0.2, 0.25) is 0 Å². The first-order chi connectivity index (χ1) is 16.8. The van der Waals surface area contributed by atoms with Gasteiger partial charge >= 0.3 is 12.1 Å². The molecule has 2 rings (SSSR count). The Morgan fingerprint density at radius 2 is 1.72 bits per heavy atom. The molecule has 0 aromatic heterocycles.